The Labute approximate surface area is 81.2 Å². The van der Waals surface area contributed by atoms with E-state index in [9.17, 15) is 0 Å². The van der Waals surface area contributed by atoms with E-state index < -0.39 is 0 Å². The van der Waals surface area contributed by atoms with Crippen molar-refractivity contribution in [3.8, 4) is 0 Å². The number of unbranched alkanes of at least 4 members (excludes halogenated alkanes) is 1. The second kappa shape index (κ2) is 6.71. The van der Waals surface area contributed by atoms with Crippen molar-refractivity contribution in [2.24, 2.45) is 10.8 Å². The minimum Gasteiger partial charge on any atom is -0.345 e. The van der Waals surface area contributed by atoms with E-state index >= 15 is 0 Å². The molecule has 78 valence electrons. The van der Waals surface area contributed by atoms with Crippen molar-refractivity contribution in [3.63, 3.8) is 0 Å². The highest BCUT2D eigenvalue weighted by molar-refractivity contribution is 5.79. The molecule has 4 nitrogen and oxygen atoms in total. The zero-order valence-corrected chi connectivity index (χ0v) is 9.17. The van der Waals surface area contributed by atoms with Gasteiger partial charge in [-0.2, -0.15) is 0 Å². The van der Waals surface area contributed by atoms with Gasteiger partial charge in [-0.15, -0.1) is 0 Å². The first-order valence-corrected chi connectivity index (χ1v) is 4.87. The molecule has 3 N–H and O–H groups in total. The van der Waals surface area contributed by atoms with Crippen molar-refractivity contribution in [1.29, 1.82) is 0 Å². The van der Waals surface area contributed by atoms with Crippen molar-refractivity contribution < 1.29 is 0 Å². The van der Waals surface area contributed by atoms with Gasteiger partial charge in [0.05, 0.1) is 0 Å². The zero-order chi connectivity index (χ0) is 10.3. The number of rotatable bonds is 4. The maximum atomic E-state index is 5.37. The zero-order valence-electron chi connectivity index (χ0n) is 9.17. The first-order chi connectivity index (χ1) is 6.11. The van der Waals surface area contributed by atoms with Gasteiger partial charge in [0.2, 0.25) is 5.96 Å². The molecule has 0 aromatic carbocycles. The predicted molar refractivity (Wildman–Crippen MR) is 57.4 cm³/mol. The van der Waals surface area contributed by atoms with Crippen LogP contribution in [0.5, 0.6) is 0 Å². The molecule has 0 heterocycles. The number of guanidine groups is 1. The van der Waals surface area contributed by atoms with Crippen LogP contribution in [0.4, 0.5) is 0 Å². The summed E-state index contributed by atoms with van der Waals surface area (Å²) in [6.07, 6.45) is 2.35. The largest absolute Gasteiger partial charge is 0.345 e. The average molecular weight is 186 g/mol. The molecule has 0 spiro atoms. The second-order valence-corrected chi connectivity index (χ2v) is 3.47. The smallest absolute Gasteiger partial charge is 0.208 e. The summed E-state index contributed by atoms with van der Waals surface area (Å²) in [6, 6.07) is 0.273. The van der Waals surface area contributed by atoms with Crippen LogP contribution in [-0.4, -0.2) is 30.5 Å². The molecule has 4 heteroatoms. The van der Waals surface area contributed by atoms with Gasteiger partial charge in [-0.05, 0) is 20.3 Å². The quantitative estimate of drug-likeness (QED) is 0.297. The number of nitrogens with zero attached hydrogens (tertiary/aromatic N) is 2. The van der Waals surface area contributed by atoms with Crippen LogP contribution < -0.4 is 11.3 Å². The monoisotopic (exact) mass is 186 g/mol. The van der Waals surface area contributed by atoms with E-state index in [-0.39, 0.29) is 6.04 Å². The van der Waals surface area contributed by atoms with E-state index in [0.29, 0.717) is 0 Å². The van der Waals surface area contributed by atoms with Crippen LogP contribution in [0.2, 0.25) is 0 Å². The Kier molecular flexibility index (Phi) is 6.32. The molecule has 0 aromatic rings. The van der Waals surface area contributed by atoms with Crippen molar-refractivity contribution in [1.82, 2.24) is 10.3 Å². The molecule has 13 heavy (non-hydrogen) atoms. The lowest BCUT2D eigenvalue weighted by Crippen LogP contribution is -2.43. The van der Waals surface area contributed by atoms with Crippen LogP contribution in [0, 0.1) is 0 Å². The van der Waals surface area contributed by atoms with Gasteiger partial charge in [-0.25, -0.2) is 10.8 Å². The van der Waals surface area contributed by atoms with E-state index in [1.54, 1.807) is 0 Å². The Morgan fingerprint density at radius 2 is 2.15 bits per heavy atom. The maximum Gasteiger partial charge on any atom is 0.208 e. The number of hydrazine groups is 1. The van der Waals surface area contributed by atoms with Crippen LogP contribution in [0.3, 0.4) is 0 Å². The lowest BCUT2D eigenvalue weighted by molar-refractivity contribution is 0.462. The summed E-state index contributed by atoms with van der Waals surface area (Å²) in [5, 5.41) is 0. The van der Waals surface area contributed by atoms with Gasteiger partial charge in [0, 0.05) is 19.6 Å². The Morgan fingerprint density at radius 1 is 1.54 bits per heavy atom. The molecule has 0 amide bonds. The summed E-state index contributed by atoms with van der Waals surface area (Å²) in [5.74, 6) is 6.14. The van der Waals surface area contributed by atoms with Crippen LogP contribution in [0.1, 0.15) is 33.6 Å². The molecule has 0 radical (unpaired) electrons. The summed E-state index contributed by atoms with van der Waals surface area (Å²) < 4.78 is 0. The maximum absolute atomic E-state index is 5.37. The molecule has 0 aliphatic heterocycles. The number of hydrogen-bond donors (Lipinski definition) is 2. The van der Waals surface area contributed by atoms with E-state index in [1.807, 2.05) is 25.8 Å². The van der Waals surface area contributed by atoms with Gasteiger partial charge in [0.15, 0.2) is 0 Å². The van der Waals surface area contributed by atoms with Gasteiger partial charge >= 0.3 is 0 Å². The molecule has 0 unspecified atom stereocenters. The number of nitrogens with one attached hydrogen (secondary N) is 1. The topological polar surface area (TPSA) is 53.6 Å². The number of nitrogens with two attached hydrogens (primary N) is 1. The normalized spacial score (nSPS) is 12.0. The number of aliphatic imine (C=N–C) groups is 1. The second-order valence-electron chi connectivity index (χ2n) is 3.47. The Hall–Kier alpha value is -0.770. The first kappa shape index (κ1) is 12.2. The fraction of sp³-hybridized carbons (Fsp3) is 0.889. The molecule has 0 rings (SSSR count). The molecule has 0 aliphatic carbocycles. The van der Waals surface area contributed by atoms with E-state index in [4.69, 9.17) is 5.84 Å². The summed E-state index contributed by atoms with van der Waals surface area (Å²) in [7, 11) is 2.00. The Balaban J connectivity index is 4.06. The van der Waals surface area contributed by atoms with Crippen molar-refractivity contribution in [2.45, 2.75) is 39.7 Å². The average Bonchev–Trinajstić information content (AvgIpc) is 2.09. The highest BCUT2D eigenvalue weighted by atomic mass is 15.4. The summed E-state index contributed by atoms with van der Waals surface area (Å²) in [5.41, 5.74) is 2.62. The molecule has 0 fully saturated rings. The molecule has 0 bridgehead atoms. The standard InChI is InChI=1S/C9H22N4/c1-5-6-7-13(4)9(12-10)11-8(2)3/h8H,5-7,10H2,1-4H3,(H,11,12). The van der Waals surface area contributed by atoms with Gasteiger partial charge in [0.25, 0.3) is 0 Å². The molecule has 0 atom stereocenters. The van der Waals surface area contributed by atoms with Gasteiger partial charge in [-0.3, -0.25) is 5.43 Å². The predicted octanol–water partition coefficient (Wildman–Crippen LogP) is 0.946. The molecule has 0 aliphatic rings. The fourth-order valence-corrected chi connectivity index (χ4v) is 0.992. The van der Waals surface area contributed by atoms with Crippen LogP contribution in [0.15, 0.2) is 4.99 Å². The van der Waals surface area contributed by atoms with Gasteiger partial charge in [-0.1, -0.05) is 13.3 Å². The van der Waals surface area contributed by atoms with Crippen LogP contribution in [0.25, 0.3) is 0 Å². The minimum atomic E-state index is 0.273. The third-order valence-electron chi connectivity index (χ3n) is 1.72. The summed E-state index contributed by atoms with van der Waals surface area (Å²) in [4.78, 5) is 6.40. The van der Waals surface area contributed by atoms with Crippen molar-refractivity contribution in [2.75, 3.05) is 13.6 Å². The molecule has 0 saturated heterocycles. The fourth-order valence-electron chi connectivity index (χ4n) is 0.992. The van der Waals surface area contributed by atoms with Gasteiger partial charge in [0.1, 0.15) is 0 Å². The molecular weight excluding hydrogens is 164 g/mol. The van der Waals surface area contributed by atoms with Crippen molar-refractivity contribution >= 4 is 5.96 Å². The highest BCUT2D eigenvalue weighted by Crippen LogP contribution is 1.94. The number of hydrogen-bond acceptors (Lipinski definition) is 2. The molecular formula is C9H22N4. The van der Waals surface area contributed by atoms with Crippen LogP contribution in [-0.2, 0) is 0 Å². The Bertz CT molecular complexity index is 154. The summed E-state index contributed by atoms with van der Waals surface area (Å²) >= 11 is 0. The van der Waals surface area contributed by atoms with Gasteiger partial charge < -0.3 is 4.90 Å². The SMILES string of the molecule is CCCCN(C)C(=NC(C)C)NN. The Morgan fingerprint density at radius 3 is 2.54 bits per heavy atom. The first-order valence-electron chi connectivity index (χ1n) is 4.87. The van der Waals surface area contributed by atoms with E-state index in [0.717, 1.165) is 18.9 Å². The lowest BCUT2D eigenvalue weighted by Gasteiger charge is -2.20. The molecule has 0 saturated carbocycles. The minimum absolute atomic E-state index is 0.273. The molecule has 0 aromatic heterocycles. The van der Waals surface area contributed by atoms with Crippen LogP contribution >= 0.6 is 0 Å². The van der Waals surface area contributed by atoms with Crippen molar-refractivity contribution in [3.05, 3.63) is 0 Å². The third-order valence-corrected chi connectivity index (χ3v) is 1.72. The summed E-state index contributed by atoms with van der Waals surface area (Å²) in [6.45, 7) is 7.23. The van der Waals surface area contributed by atoms with E-state index in [2.05, 4.69) is 17.3 Å². The third kappa shape index (κ3) is 5.47. The lowest BCUT2D eigenvalue weighted by atomic mass is 10.3. The highest BCUT2D eigenvalue weighted by Gasteiger charge is 2.03. The van der Waals surface area contributed by atoms with E-state index in [1.165, 1.54) is 6.42 Å².